The molecule has 1 unspecified atom stereocenters. The molecule has 57 heavy (non-hydrogen) atoms. The van der Waals surface area contributed by atoms with E-state index in [0.29, 0.717) is 31.8 Å². The number of thioether (sulfide) groups is 1. The minimum Gasteiger partial charge on any atom is -0.480 e. The quantitative estimate of drug-likeness (QED) is 0.143. The molecule has 1 aliphatic rings. The number of fused-ring (bicyclic) bond motifs is 1. The van der Waals surface area contributed by atoms with Crippen LogP contribution in [0.4, 0.5) is 39.5 Å². The van der Waals surface area contributed by atoms with Gasteiger partial charge in [-0.05, 0) is 47.6 Å². The molecule has 2 aromatic rings. The van der Waals surface area contributed by atoms with E-state index >= 15 is 0 Å². The average Bonchev–Trinajstić information content (AvgIpc) is 3.56. The number of nitrogens with one attached hydrogen (secondary N) is 1. The number of alkyl halides is 9. The fraction of sp³-hybridized carbons (Fsp3) is 0.500. The molecule has 0 aliphatic carbocycles. The Morgan fingerprint density at radius 3 is 1.81 bits per heavy atom. The fourth-order valence-electron chi connectivity index (χ4n) is 4.72. The lowest BCUT2D eigenvalue weighted by atomic mass is 10.0. The number of halogens is 9. The molecule has 0 radical (unpaired) electrons. The standard InChI is InChI=1S/C26H37N5O4S.3C2HF3O2/c1-36-13-11-23(26(34)35)29-24(32)17-30(15-19-8-4-7-18-6-2-3-10-21(18)19)16-20-9-5-12-31(20)25(33)22(28)14-27;3*3-2(4,5)1(6)7/h2-4,6-8,10,20,22-23H,5,9,11-17,27-28H2,1H3,(H,29,32)(H,34,35);3*(H,6,7)/t20-,22-,23?;;;/m0.../s1. The Labute approximate surface area is 322 Å². The highest BCUT2D eigenvalue weighted by Crippen LogP contribution is 2.23. The van der Waals surface area contributed by atoms with Gasteiger partial charge in [-0.1, -0.05) is 42.5 Å². The normalized spacial score (nSPS) is 15.1. The van der Waals surface area contributed by atoms with Crippen LogP contribution in [0.2, 0.25) is 0 Å². The van der Waals surface area contributed by atoms with Crippen LogP contribution in [-0.2, 0) is 35.3 Å². The van der Waals surface area contributed by atoms with Crippen molar-refractivity contribution in [3.63, 3.8) is 0 Å². The number of carboxylic acid groups (broad SMARTS) is 4. The van der Waals surface area contributed by atoms with Crippen molar-refractivity contribution in [2.45, 2.75) is 62.5 Å². The van der Waals surface area contributed by atoms with Crippen molar-refractivity contribution in [1.82, 2.24) is 15.1 Å². The van der Waals surface area contributed by atoms with Crippen LogP contribution in [0, 0.1) is 0 Å². The van der Waals surface area contributed by atoms with Gasteiger partial charge >= 0.3 is 42.4 Å². The molecule has 0 saturated carbocycles. The number of rotatable bonds is 13. The molecule has 0 aromatic heterocycles. The number of hydrogen-bond donors (Lipinski definition) is 7. The van der Waals surface area contributed by atoms with Crippen LogP contribution in [-0.4, -0.2) is 141 Å². The first-order chi connectivity index (χ1) is 26.2. The Bertz CT molecular complexity index is 1590. The third-order valence-corrected chi connectivity index (χ3v) is 7.96. The molecule has 9 N–H and O–H groups in total. The van der Waals surface area contributed by atoms with Crippen molar-refractivity contribution < 1.29 is 88.7 Å². The lowest BCUT2D eigenvalue weighted by molar-refractivity contribution is -0.193. The number of carboxylic acids is 4. The minimum absolute atomic E-state index is 0.0216. The molecular formula is C32H40F9N5O10S. The number of nitrogens with zero attached hydrogens (tertiary/aromatic N) is 2. The second-order valence-electron chi connectivity index (χ2n) is 11.6. The molecule has 15 nitrogen and oxygen atoms in total. The maximum absolute atomic E-state index is 13.0. The van der Waals surface area contributed by atoms with E-state index in [1.165, 1.54) is 11.8 Å². The first-order valence-corrected chi connectivity index (χ1v) is 17.4. The summed E-state index contributed by atoms with van der Waals surface area (Å²) < 4.78 is 95.2. The summed E-state index contributed by atoms with van der Waals surface area (Å²) in [4.78, 5) is 67.9. The maximum Gasteiger partial charge on any atom is 0.490 e. The van der Waals surface area contributed by atoms with Gasteiger partial charge in [-0.15, -0.1) is 0 Å². The summed E-state index contributed by atoms with van der Waals surface area (Å²) in [6.07, 6.45) is -11.3. The maximum atomic E-state index is 13.0. The molecule has 1 saturated heterocycles. The smallest absolute Gasteiger partial charge is 0.480 e. The van der Waals surface area contributed by atoms with Gasteiger partial charge in [-0.3, -0.25) is 14.5 Å². The van der Waals surface area contributed by atoms with Crippen LogP contribution < -0.4 is 16.8 Å². The lowest BCUT2D eigenvalue weighted by Gasteiger charge is -2.32. The number of hydrogen-bond acceptors (Lipinski definition) is 10. The van der Waals surface area contributed by atoms with E-state index < -0.39 is 54.5 Å². The van der Waals surface area contributed by atoms with Crippen molar-refractivity contribution in [3.05, 3.63) is 48.0 Å². The highest BCUT2D eigenvalue weighted by atomic mass is 32.2. The number of likely N-dealkylation sites (tertiary alicyclic amines) is 1. The van der Waals surface area contributed by atoms with Crippen molar-refractivity contribution in [2.24, 2.45) is 11.5 Å². The summed E-state index contributed by atoms with van der Waals surface area (Å²) in [6.45, 7) is 1.67. The first-order valence-electron chi connectivity index (χ1n) is 16.0. The fourth-order valence-corrected chi connectivity index (χ4v) is 5.19. The highest BCUT2D eigenvalue weighted by Gasteiger charge is 2.39. The predicted molar refractivity (Wildman–Crippen MR) is 185 cm³/mol. The Balaban J connectivity index is 0.00000121. The molecule has 0 spiro atoms. The molecule has 1 aliphatic heterocycles. The number of carbonyl (C=O) groups excluding carboxylic acids is 2. The second kappa shape index (κ2) is 24.0. The largest absolute Gasteiger partial charge is 0.490 e. The van der Waals surface area contributed by atoms with Crippen LogP contribution in [0.5, 0.6) is 0 Å². The zero-order valence-electron chi connectivity index (χ0n) is 29.7. The van der Waals surface area contributed by atoms with E-state index in [0.717, 1.165) is 29.2 Å². The Morgan fingerprint density at radius 2 is 1.35 bits per heavy atom. The van der Waals surface area contributed by atoms with E-state index in [4.69, 9.17) is 41.2 Å². The molecule has 2 aromatic carbocycles. The molecule has 25 heteroatoms. The monoisotopic (exact) mass is 857 g/mol. The summed E-state index contributed by atoms with van der Waals surface area (Å²) in [5.41, 5.74) is 12.6. The van der Waals surface area contributed by atoms with Crippen LogP contribution >= 0.6 is 11.8 Å². The Morgan fingerprint density at radius 1 is 0.860 bits per heavy atom. The van der Waals surface area contributed by atoms with Gasteiger partial charge in [-0.2, -0.15) is 51.3 Å². The van der Waals surface area contributed by atoms with E-state index in [1.54, 1.807) is 4.90 Å². The zero-order chi connectivity index (χ0) is 44.3. The van der Waals surface area contributed by atoms with E-state index in [-0.39, 0.29) is 30.9 Å². The molecule has 3 atom stereocenters. The summed E-state index contributed by atoms with van der Waals surface area (Å²) in [7, 11) is 0. The number of carbonyl (C=O) groups is 6. The summed E-state index contributed by atoms with van der Waals surface area (Å²) in [5, 5.41) is 35.8. The third-order valence-electron chi connectivity index (χ3n) is 7.31. The topological polar surface area (TPSA) is 254 Å². The van der Waals surface area contributed by atoms with Crippen LogP contribution in [0.1, 0.15) is 24.8 Å². The number of aliphatic carboxylic acids is 4. The molecule has 0 bridgehead atoms. The Hall–Kier alpha value is -4.88. The van der Waals surface area contributed by atoms with Gasteiger partial charge < -0.3 is 42.1 Å². The molecule has 1 fully saturated rings. The minimum atomic E-state index is -5.08. The van der Waals surface area contributed by atoms with Crippen LogP contribution in [0.3, 0.4) is 0 Å². The summed E-state index contributed by atoms with van der Waals surface area (Å²) in [5.74, 6) is -9.19. The average molecular weight is 858 g/mol. The van der Waals surface area contributed by atoms with Crippen molar-refractivity contribution >= 4 is 58.2 Å². The SMILES string of the molecule is CSCCC(NC(=O)CN(Cc1cccc2ccccc12)C[C@@H]1CCCN1C(=O)[C@@H](N)CN)C(=O)O.O=C(O)C(F)(F)F.O=C(O)C(F)(F)F.O=C(O)C(F)(F)F. The lowest BCUT2D eigenvalue weighted by Crippen LogP contribution is -2.53. The third kappa shape index (κ3) is 20.2. The van der Waals surface area contributed by atoms with Crippen LogP contribution in [0.15, 0.2) is 42.5 Å². The van der Waals surface area contributed by atoms with Crippen molar-refractivity contribution in [2.75, 3.05) is 38.2 Å². The number of amides is 2. The van der Waals surface area contributed by atoms with Crippen molar-refractivity contribution in [1.29, 1.82) is 0 Å². The molecule has 3 rings (SSSR count). The number of nitrogens with two attached hydrogens (primary N) is 2. The molecular weight excluding hydrogens is 817 g/mol. The summed E-state index contributed by atoms with van der Waals surface area (Å²) >= 11 is 1.54. The first kappa shape index (κ1) is 52.1. The zero-order valence-corrected chi connectivity index (χ0v) is 30.6. The Kier molecular flexibility index (Phi) is 22.0. The molecule has 322 valence electrons. The van der Waals surface area contributed by atoms with Crippen LogP contribution in [0.25, 0.3) is 10.8 Å². The molecule has 2 amide bonds. The van der Waals surface area contributed by atoms with E-state index in [1.807, 2.05) is 47.6 Å². The molecule has 1 heterocycles. The van der Waals surface area contributed by atoms with Gasteiger partial charge in [-0.25, -0.2) is 19.2 Å². The van der Waals surface area contributed by atoms with Gasteiger partial charge in [0.1, 0.15) is 6.04 Å². The van der Waals surface area contributed by atoms with Gasteiger partial charge in [0.2, 0.25) is 11.8 Å². The van der Waals surface area contributed by atoms with Crippen molar-refractivity contribution in [3.8, 4) is 0 Å². The highest BCUT2D eigenvalue weighted by molar-refractivity contribution is 7.98. The van der Waals surface area contributed by atoms with Gasteiger partial charge in [0.05, 0.1) is 12.6 Å². The second-order valence-corrected chi connectivity index (χ2v) is 12.6. The summed E-state index contributed by atoms with van der Waals surface area (Å²) in [6, 6.07) is 12.4. The van der Waals surface area contributed by atoms with Gasteiger partial charge in [0.15, 0.2) is 0 Å². The van der Waals surface area contributed by atoms with E-state index in [2.05, 4.69) is 11.4 Å². The van der Waals surface area contributed by atoms with Gasteiger partial charge in [0, 0.05) is 32.2 Å². The van der Waals surface area contributed by atoms with Gasteiger partial charge in [0.25, 0.3) is 0 Å². The predicted octanol–water partition coefficient (Wildman–Crippen LogP) is 3.14. The number of benzene rings is 2. The van der Waals surface area contributed by atoms with E-state index in [9.17, 15) is 59.0 Å².